The van der Waals surface area contributed by atoms with Crippen LogP contribution in [0.25, 0.3) is 10.2 Å². The molecule has 4 nitrogen and oxygen atoms in total. The third-order valence-corrected chi connectivity index (χ3v) is 6.69. The molecule has 3 rings (SSSR count). The van der Waals surface area contributed by atoms with E-state index in [1.54, 1.807) is 11.3 Å². The summed E-state index contributed by atoms with van der Waals surface area (Å²) in [5.74, 6) is 0.903. The van der Waals surface area contributed by atoms with Crippen LogP contribution in [0.2, 0.25) is 0 Å². The lowest BCUT2D eigenvalue weighted by Crippen LogP contribution is -2.34. The number of nitrogens with zero attached hydrogens (tertiary/aromatic N) is 1. The van der Waals surface area contributed by atoms with Crippen LogP contribution in [0.1, 0.15) is 38.8 Å². The van der Waals surface area contributed by atoms with Crippen molar-refractivity contribution in [3.8, 4) is 5.75 Å². The maximum atomic E-state index is 12.7. The summed E-state index contributed by atoms with van der Waals surface area (Å²) in [5, 5.41) is 2.96. The molecule has 0 aliphatic rings. The van der Waals surface area contributed by atoms with E-state index in [1.165, 1.54) is 11.8 Å². The van der Waals surface area contributed by atoms with Crippen LogP contribution in [0.15, 0.2) is 52.9 Å². The zero-order chi connectivity index (χ0) is 19.2. The summed E-state index contributed by atoms with van der Waals surface area (Å²) in [6, 6.07) is 15.9. The van der Waals surface area contributed by atoms with E-state index in [9.17, 15) is 4.79 Å². The highest BCUT2D eigenvalue weighted by Gasteiger charge is 2.22. The lowest BCUT2D eigenvalue weighted by molar-refractivity contribution is -0.121. The molecule has 1 aromatic heterocycles. The smallest absolute Gasteiger partial charge is 0.234 e. The highest BCUT2D eigenvalue weighted by Crippen LogP contribution is 2.35. The van der Waals surface area contributed by atoms with Gasteiger partial charge in [-0.05, 0) is 44.0 Å². The maximum absolute atomic E-state index is 12.7. The van der Waals surface area contributed by atoms with Gasteiger partial charge >= 0.3 is 0 Å². The van der Waals surface area contributed by atoms with Gasteiger partial charge in [-0.2, -0.15) is 0 Å². The summed E-state index contributed by atoms with van der Waals surface area (Å²) >= 11 is 3.14. The Hall–Kier alpha value is -2.05. The molecule has 2 atom stereocenters. The van der Waals surface area contributed by atoms with Crippen LogP contribution < -0.4 is 10.1 Å². The molecule has 3 aromatic rings. The Balaban J connectivity index is 1.68. The van der Waals surface area contributed by atoms with Gasteiger partial charge in [0.15, 0.2) is 4.34 Å². The molecular formula is C21H24N2O2S2. The first-order valence-electron chi connectivity index (χ1n) is 9.16. The fourth-order valence-electron chi connectivity index (χ4n) is 2.77. The van der Waals surface area contributed by atoms with Gasteiger partial charge in [0.05, 0.1) is 28.1 Å². The Morgan fingerprint density at radius 1 is 1.22 bits per heavy atom. The molecule has 2 aromatic carbocycles. The number of nitrogens with one attached hydrogen (secondary N) is 1. The second kappa shape index (κ2) is 9.24. The highest BCUT2D eigenvalue weighted by molar-refractivity contribution is 8.02. The Labute approximate surface area is 168 Å². The summed E-state index contributed by atoms with van der Waals surface area (Å²) in [5.41, 5.74) is 2.05. The molecule has 0 spiro atoms. The number of fused-ring (bicyclic) bond motifs is 1. The number of hydrogen-bond donors (Lipinski definition) is 1. The van der Waals surface area contributed by atoms with Crippen molar-refractivity contribution in [1.82, 2.24) is 10.3 Å². The summed E-state index contributed by atoms with van der Waals surface area (Å²) in [7, 11) is 0. The SMILES string of the molecule is CCOc1ccc2nc(S[C@H](CC)C(=O)N[C@H](C)c3ccccc3)sc2c1. The molecule has 0 fully saturated rings. The lowest BCUT2D eigenvalue weighted by Gasteiger charge is -2.18. The average molecular weight is 401 g/mol. The minimum absolute atomic E-state index is 0.0162. The van der Waals surface area contributed by atoms with Gasteiger partial charge < -0.3 is 10.1 Å². The molecule has 1 N–H and O–H groups in total. The second-order valence-corrected chi connectivity index (χ2v) is 8.68. The van der Waals surface area contributed by atoms with Crippen molar-refractivity contribution in [2.24, 2.45) is 0 Å². The molecule has 142 valence electrons. The summed E-state index contributed by atoms with van der Waals surface area (Å²) in [4.78, 5) is 17.4. The molecule has 1 amide bonds. The molecule has 0 aliphatic carbocycles. The van der Waals surface area contributed by atoms with Crippen LogP contribution >= 0.6 is 23.1 Å². The van der Waals surface area contributed by atoms with Gasteiger partial charge in [-0.1, -0.05) is 49.0 Å². The van der Waals surface area contributed by atoms with E-state index in [0.29, 0.717) is 6.61 Å². The van der Waals surface area contributed by atoms with Crippen molar-refractivity contribution >= 4 is 39.2 Å². The largest absolute Gasteiger partial charge is 0.494 e. The maximum Gasteiger partial charge on any atom is 0.234 e. The van der Waals surface area contributed by atoms with Gasteiger partial charge in [0.2, 0.25) is 5.91 Å². The third kappa shape index (κ3) is 5.02. The molecular weight excluding hydrogens is 376 g/mol. The quantitative estimate of drug-likeness (QED) is 0.511. The van der Waals surface area contributed by atoms with E-state index in [1.807, 2.05) is 69.3 Å². The minimum Gasteiger partial charge on any atom is -0.494 e. The Kier molecular flexibility index (Phi) is 6.74. The molecule has 0 aliphatic heterocycles. The van der Waals surface area contributed by atoms with Gasteiger partial charge in [-0.15, -0.1) is 11.3 Å². The number of rotatable bonds is 8. The van der Waals surface area contributed by atoms with E-state index >= 15 is 0 Å². The summed E-state index contributed by atoms with van der Waals surface area (Å²) in [6.07, 6.45) is 0.748. The van der Waals surface area contributed by atoms with Gasteiger partial charge in [-0.3, -0.25) is 4.79 Å². The third-order valence-electron chi connectivity index (χ3n) is 4.22. The number of hydrogen-bond acceptors (Lipinski definition) is 5. The molecule has 1 heterocycles. The van der Waals surface area contributed by atoms with E-state index in [4.69, 9.17) is 4.74 Å². The number of thiazole rings is 1. The molecule has 0 saturated carbocycles. The number of thioether (sulfide) groups is 1. The number of benzene rings is 2. The van der Waals surface area contributed by atoms with Crippen LogP contribution in [0.3, 0.4) is 0 Å². The van der Waals surface area contributed by atoms with Crippen LogP contribution in [0.4, 0.5) is 0 Å². The first kappa shape index (κ1) is 19.7. The topological polar surface area (TPSA) is 51.2 Å². The van der Waals surface area contributed by atoms with Crippen molar-refractivity contribution in [3.63, 3.8) is 0 Å². The van der Waals surface area contributed by atoms with Crippen LogP contribution in [-0.4, -0.2) is 22.7 Å². The lowest BCUT2D eigenvalue weighted by atomic mass is 10.1. The fraction of sp³-hybridized carbons (Fsp3) is 0.333. The first-order chi connectivity index (χ1) is 13.1. The fourth-order valence-corrected chi connectivity index (χ4v) is 5.04. The molecule has 0 saturated heterocycles. The predicted molar refractivity (Wildman–Crippen MR) is 114 cm³/mol. The standard InChI is InChI=1S/C21H24N2O2S2/c1-4-18(20(24)22-14(3)15-9-7-6-8-10-15)26-21-23-17-12-11-16(25-5-2)13-19(17)27-21/h6-14,18H,4-5H2,1-3H3,(H,22,24)/t14-,18-/m1/s1. The van der Waals surface area contributed by atoms with Crippen molar-refractivity contribution in [2.45, 2.75) is 42.8 Å². The van der Waals surface area contributed by atoms with Crippen molar-refractivity contribution in [3.05, 3.63) is 54.1 Å². The highest BCUT2D eigenvalue weighted by atomic mass is 32.2. The predicted octanol–water partition coefficient (Wildman–Crippen LogP) is 5.44. The minimum atomic E-state index is -0.164. The van der Waals surface area contributed by atoms with Crippen molar-refractivity contribution in [2.75, 3.05) is 6.61 Å². The zero-order valence-electron chi connectivity index (χ0n) is 15.8. The van der Waals surface area contributed by atoms with Gasteiger partial charge in [0, 0.05) is 0 Å². The second-order valence-electron chi connectivity index (χ2n) is 6.20. The van der Waals surface area contributed by atoms with E-state index in [2.05, 4.69) is 10.3 Å². The van der Waals surface area contributed by atoms with E-state index in [-0.39, 0.29) is 17.2 Å². The molecule has 0 radical (unpaired) electrons. The first-order valence-corrected chi connectivity index (χ1v) is 10.9. The molecule has 27 heavy (non-hydrogen) atoms. The number of ether oxygens (including phenoxy) is 1. The summed E-state index contributed by atoms with van der Waals surface area (Å²) in [6.45, 7) is 6.66. The number of aromatic nitrogens is 1. The Bertz CT molecular complexity index is 896. The van der Waals surface area contributed by atoms with E-state index in [0.717, 1.165) is 32.3 Å². The van der Waals surface area contributed by atoms with Crippen LogP contribution in [-0.2, 0) is 4.79 Å². The average Bonchev–Trinajstić information content (AvgIpc) is 3.08. The van der Waals surface area contributed by atoms with Crippen molar-refractivity contribution in [1.29, 1.82) is 0 Å². The van der Waals surface area contributed by atoms with Gasteiger partial charge in [0.25, 0.3) is 0 Å². The van der Waals surface area contributed by atoms with Crippen LogP contribution in [0, 0.1) is 0 Å². The van der Waals surface area contributed by atoms with Gasteiger partial charge in [-0.25, -0.2) is 4.98 Å². The molecule has 0 unspecified atom stereocenters. The van der Waals surface area contributed by atoms with E-state index < -0.39 is 0 Å². The van der Waals surface area contributed by atoms with Gasteiger partial charge in [0.1, 0.15) is 5.75 Å². The molecule has 0 bridgehead atoms. The Morgan fingerprint density at radius 3 is 2.70 bits per heavy atom. The Morgan fingerprint density at radius 2 is 2.00 bits per heavy atom. The number of carbonyl (C=O) groups is 1. The normalized spacial score (nSPS) is 13.3. The van der Waals surface area contributed by atoms with Crippen LogP contribution in [0.5, 0.6) is 5.75 Å². The van der Waals surface area contributed by atoms with Crippen molar-refractivity contribution < 1.29 is 9.53 Å². The summed E-state index contributed by atoms with van der Waals surface area (Å²) < 4.78 is 7.55. The molecule has 6 heteroatoms. The zero-order valence-corrected chi connectivity index (χ0v) is 17.4. The number of amides is 1. The monoisotopic (exact) mass is 400 g/mol. The number of carbonyl (C=O) groups excluding carboxylic acids is 1.